The first-order chi connectivity index (χ1) is 14.2. The molecule has 1 aromatic heterocycles. The van der Waals surface area contributed by atoms with Gasteiger partial charge in [-0.3, -0.25) is 14.2 Å². The summed E-state index contributed by atoms with van der Waals surface area (Å²) in [4.78, 5) is 29.4. The van der Waals surface area contributed by atoms with Crippen molar-refractivity contribution in [2.75, 3.05) is 11.1 Å². The first-order valence-electron chi connectivity index (χ1n) is 8.60. The van der Waals surface area contributed by atoms with Crippen LogP contribution in [0.1, 0.15) is 5.56 Å². The number of hydrogen-bond donors (Lipinski definition) is 1. The molecule has 0 unspecified atom stereocenters. The number of benzene rings is 2. The molecule has 0 atom stereocenters. The van der Waals surface area contributed by atoms with Gasteiger partial charge < -0.3 is 5.32 Å². The number of nitrogens with one attached hydrogen (secondary N) is 1. The highest BCUT2D eigenvalue weighted by Crippen LogP contribution is 2.36. The van der Waals surface area contributed by atoms with Gasteiger partial charge in [0.1, 0.15) is 0 Å². The average molecular weight is 454 g/mol. The van der Waals surface area contributed by atoms with Crippen LogP contribution in [0.15, 0.2) is 65.1 Å². The van der Waals surface area contributed by atoms with Crippen molar-refractivity contribution >= 4 is 45.9 Å². The second-order valence-corrected chi connectivity index (χ2v) is 7.49. The van der Waals surface area contributed by atoms with Gasteiger partial charge in [0.15, 0.2) is 5.16 Å². The second kappa shape index (κ2) is 8.93. The number of amides is 1. The lowest BCUT2D eigenvalue weighted by molar-refractivity contribution is -0.137. The van der Waals surface area contributed by atoms with E-state index in [4.69, 9.17) is 11.6 Å². The molecular weight excluding hydrogens is 439 g/mol. The quantitative estimate of drug-likeness (QED) is 0.324. The average Bonchev–Trinajstić information content (AvgIpc) is 2.69. The molecule has 0 radical (unpaired) electrons. The van der Waals surface area contributed by atoms with Crippen LogP contribution < -0.4 is 10.9 Å². The van der Waals surface area contributed by atoms with Crippen LogP contribution >= 0.6 is 23.4 Å². The topological polar surface area (TPSA) is 64.0 Å². The Labute approximate surface area is 178 Å². The number of fused-ring (bicyclic) bond motifs is 1. The molecule has 156 valence electrons. The van der Waals surface area contributed by atoms with Crippen LogP contribution in [0.25, 0.3) is 10.9 Å². The molecule has 0 fully saturated rings. The van der Waals surface area contributed by atoms with E-state index in [9.17, 15) is 22.8 Å². The van der Waals surface area contributed by atoms with Crippen LogP contribution in [0.3, 0.4) is 0 Å². The Hall–Kier alpha value is -2.78. The summed E-state index contributed by atoms with van der Waals surface area (Å²) in [7, 11) is 0. The minimum atomic E-state index is -4.64. The van der Waals surface area contributed by atoms with E-state index >= 15 is 0 Å². The van der Waals surface area contributed by atoms with Crippen LogP contribution in [0.5, 0.6) is 0 Å². The Kier molecular flexibility index (Phi) is 6.52. The lowest BCUT2D eigenvalue weighted by atomic mass is 10.2. The van der Waals surface area contributed by atoms with Gasteiger partial charge in [-0.15, -0.1) is 6.58 Å². The predicted molar refractivity (Wildman–Crippen MR) is 112 cm³/mol. The highest BCUT2D eigenvalue weighted by Gasteiger charge is 2.33. The third kappa shape index (κ3) is 4.85. The van der Waals surface area contributed by atoms with E-state index in [0.29, 0.717) is 16.1 Å². The third-order valence-corrected chi connectivity index (χ3v) is 5.33. The second-order valence-electron chi connectivity index (χ2n) is 6.15. The van der Waals surface area contributed by atoms with Gasteiger partial charge in [0.05, 0.1) is 27.2 Å². The van der Waals surface area contributed by atoms with Gasteiger partial charge in [-0.05, 0) is 30.3 Å². The minimum Gasteiger partial charge on any atom is -0.325 e. The van der Waals surface area contributed by atoms with Crippen molar-refractivity contribution < 1.29 is 18.0 Å². The molecule has 0 aliphatic heterocycles. The van der Waals surface area contributed by atoms with E-state index in [2.05, 4.69) is 16.9 Å². The van der Waals surface area contributed by atoms with Gasteiger partial charge in [0.2, 0.25) is 5.91 Å². The summed E-state index contributed by atoms with van der Waals surface area (Å²) in [5.74, 6) is -0.714. The van der Waals surface area contributed by atoms with Crippen molar-refractivity contribution in [3.8, 4) is 0 Å². The number of halogens is 4. The van der Waals surface area contributed by atoms with Crippen molar-refractivity contribution in [3.05, 3.63) is 76.1 Å². The summed E-state index contributed by atoms with van der Waals surface area (Å²) in [6.45, 7) is 3.83. The van der Waals surface area contributed by atoms with Gasteiger partial charge in [0, 0.05) is 12.2 Å². The number of hydrogen-bond acceptors (Lipinski definition) is 4. The zero-order valence-electron chi connectivity index (χ0n) is 15.4. The maximum absolute atomic E-state index is 13.0. The summed E-state index contributed by atoms with van der Waals surface area (Å²) in [6.07, 6.45) is -3.10. The van der Waals surface area contributed by atoms with Gasteiger partial charge in [-0.2, -0.15) is 13.2 Å². The van der Waals surface area contributed by atoms with Crippen molar-refractivity contribution in [2.45, 2.75) is 17.9 Å². The van der Waals surface area contributed by atoms with Gasteiger partial charge in [-0.25, -0.2) is 4.98 Å². The molecule has 0 aliphatic carbocycles. The highest BCUT2D eigenvalue weighted by atomic mass is 35.5. The molecule has 3 rings (SSSR count). The normalized spacial score (nSPS) is 11.5. The Morgan fingerprint density at radius 3 is 2.70 bits per heavy atom. The van der Waals surface area contributed by atoms with Gasteiger partial charge >= 0.3 is 6.18 Å². The Bertz CT molecular complexity index is 1180. The standard InChI is InChI=1S/C20H15ClF3N3O2S/c1-2-9-27-18(29)13-5-3-4-6-16(13)26-19(27)30-11-17(28)25-12-7-8-15(21)14(10-12)20(22,23)24/h2-8,10H,1,9,11H2,(H,25,28). The number of alkyl halides is 3. The maximum atomic E-state index is 13.0. The summed E-state index contributed by atoms with van der Waals surface area (Å²) in [6, 6.07) is 9.93. The molecule has 1 heterocycles. The molecule has 3 aromatic rings. The van der Waals surface area contributed by atoms with Crippen molar-refractivity contribution in [2.24, 2.45) is 0 Å². The summed E-state index contributed by atoms with van der Waals surface area (Å²) >= 11 is 6.58. The van der Waals surface area contributed by atoms with Crippen LogP contribution in [-0.4, -0.2) is 21.2 Å². The van der Waals surface area contributed by atoms with E-state index in [1.807, 2.05) is 0 Å². The number of nitrogens with zero attached hydrogens (tertiary/aromatic N) is 2. The van der Waals surface area contributed by atoms with Gasteiger partial charge in [-0.1, -0.05) is 41.6 Å². The molecule has 1 amide bonds. The zero-order valence-corrected chi connectivity index (χ0v) is 16.9. The van der Waals surface area contributed by atoms with E-state index in [1.54, 1.807) is 24.3 Å². The van der Waals surface area contributed by atoms with E-state index in [1.165, 1.54) is 16.7 Å². The third-order valence-electron chi connectivity index (χ3n) is 4.03. The molecule has 5 nitrogen and oxygen atoms in total. The molecule has 0 saturated carbocycles. The van der Waals surface area contributed by atoms with Crippen molar-refractivity contribution in [3.63, 3.8) is 0 Å². The number of thioether (sulfide) groups is 1. The first kappa shape index (κ1) is 21.9. The first-order valence-corrected chi connectivity index (χ1v) is 9.97. The summed E-state index contributed by atoms with van der Waals surface area (Å²) in [5.41, 5.74) is -0.855. The molecule has 0 spiro atoms. The van der Waals surface area contributed by atoms with Crippen LogP contribution in [0.4, 0.5) is 18.9 Å². The maximum Gasteiger partial charge on any atom is 0.417 e. The van der Waals surface area contributed by atoms with Crippen molar-refractivity contribution in [1.29, 1.82) is 0 Å². The number of anilines is 1. The number of aromatic nitrogens is 2. The van der Waals surface area contributed by atoms with E-state index in [-0.39, 0.29) is 23.5 Å². The fourth-order valence-electron chi connectivity index (χ4n) is 2.70. The summed E-state index contributed by atoms with van der Waals surface area (Å²) < 4.78 is 40.3. The Morgan fingerprint density at radius 1 is 1.27 bits per heavy atom. The summed E-state index contributed by atoms with van der Waals surface area (Å²) in [5, 5.41) is 2.69. The molecular formula is C20H15ClF3N3O2S. The van der Waals surface area contributed by atoms with Crippen LogP contribution in [-0.2, 0) is 17.5 Å². The van der Waals surface area contributed by atoms with Crippen LogP contribution in [0, 0.1) is 0 Å². The smallest absolute Gasteiger partial charge is 0.325 e. The Morgan fingerprint density at radius 2 is 2.00 bits per heavy atom. The molecule has 0 saturated heterocycles. The number of allylic oxidation sites excluding steroid dienone is 1. The Balaban J connectivity index is 1.80. The van der Waals surface area contributed by atoms with E-state index in [0.717, 1.165) is 23.9 Å². The largest absolute Gasteiger partial charge is 0.417 e. The molecule has 1 N–H and O–H groups in total. The van der Waals surface area contributed by atoms with Crippen molar-refractivity contribution in [1.82, 2.24) is 9.55 Å². The van der Waals surface area contributed by atoms with Gasteiger partial charge in [0.25, 0.3) is 5.56 Å². The zero-order chi connectivity index (χ0) is 21.9. The lowest BCUT2D eigenvalue weighted by Gasteiger charge is -2.13. The molecule has 0 aliphatic rings. The monoisotopic (exact) mass is 453 g/mol. The number of rotatable bonds is 6. The molecule has 0 bridgehead atoms. The number of carbonyl (C=O) groups is 1. The minimum absolute atomic E-state index is 0.0349. The lowest BCUT2D eigenvalue weighted by Crippen LogP contribution is -2.23. The SMILES string of the molecule is C=CCn1c(SCC(=O)Nc2ccc(Cl)c(C(F)(F)F)c2)nc2ccccc2c1=O. The fourth-order valence-corrected chi connectivity index (χ4v) is 3.73. The fraction of sp³-hybridized carbons (Fsp3) is 0.150. The highest BCUT2D eigenvalue weighted by molar-refractivity contribution is 7.99. The molecule has 10 heteroatoms. The van der Waals surface area contributed by atoms with Crippen LogP contribution in [0.2, 0.25) is 5.02 Å². The number of carbonyl (C=O) groups excluding carboxylic acids is 1. The molecule has 2 aromatic carbocycles. The molecule has 30 heavy (non-hydrogen) atoms. The predicted octanol–water partition coefficient (Wildman–Crippen LogP) is 4.99. The van der Waals surface area contributed by atoms with E-state index < -0.39 is 22.7 Å². The number of para-hydroxylation sites is 1.